The Morgan fingerprint density at radius 1 is 1.12 bits per heavy atom. The number of morpholine rings is 1. The highest BCUT2D eigenvalue weighted by molar-refractivity contribution is 7.13. The third-order valence-electron chi connectivity index (χ3n) is 6.20. The molecule has 41 heavy (non-hydrogen) atoms. The summed E-state index contributed by atoms with van der Waals surface area (Å²) in [5.74, 6) is -1.51. The van der Waals surface area contributed by atoms with Gasteiger partial charge in [-0.1, -0.05) is 11.6 Å². The summed E-state index contributed by atoms with van der Waals surface area (Å²) in [6.45, 7) is 6.17. The molecule has 0 aromatic carbocycles. The number of pyridine rings is 1. The van der Waals surface area contributed by atoms with Crippen molar-refractivity contribution < 1.29 is 27.5 Å². The number of aromatic nitrogens is 6. The molecular formula is C24H23ClF3N9O3S. The molecule has 1 unspecified atom stereocenters. The average Bonchev–Trinajstić information content (AvgIpc) is 3.60. The number of carbonyl (C=O) groups is 2. The van der Waals surface area contributed by atoms with E-state index in [0.717, 1.165) is 37.2 Å². The summed E-state index contributed by atoms with van der Waals surface area (Å²) in [5.41, 5.74) is -0.590. The van der Waals surface area contributed by atoms with Crippen molar-refractivity contribution in [1.82, 2.24) is 39.9 Å². The smallest absolute Gasteiger partial charge is 0.379 e. The van der Waals surface area contributed by atoms with Crippen LogP contribution in [0.5, 0.6) is 0 Å². The van der Waals surface area contributed by atoms with Gasteiger partial charge >= 0.3 is 6.18 Å². The van der Waals surface area contributed by atoms with Crippen LogP contribution in [0.2, 0.25) is 5.02 Å². The molecule has 0 spiro atoms. The van der Waals surface area contributed by atoms with Crippen LogP contribution in [-0.4, -0.2) is 79.3 Å². The summed E-state index contributed by atoms with van der Waals surface area (Å²) in [5, 5.41) is 9.88. The fourth-order valence-electron chi connectivity index (χ4n) is 4.07. The highest BCUT2D eigenvalue weighted by Crippen LogP contribution is 2.35. The SMILES string of the molecule is CC(NC(=O)c1ncnc2nn(CCN3CCOCC3)cc12)c1ncc(C(=O)Nc2cc(C(F)(F)F)c(Cl)cn2)s1. The molecule has 1 fully saturated rings. The van der Waals surface area contributed by atoms with Crippen LogP contribution in [0.25, 0.3) is 11.0 Å². The number of fused-ring (bicyclic) bond motifs is 1. The number of rotatable bonds is 8. The van der Waals surface area contributed by atoms with Gasteiger partial charge in [0.2, 0.25) is 0 Å². The number of carbonyl (C=O) groups excluding carboxylic acids is 2. The molecule has 2 amide bonds. The van der Waals surface area contributed by atoms with E-state index in [2.05, 4.69) is 40.6 Å². The lowest BCUT2D eigenvalue weighted by atomic mass is 10.2. The predicted molar refractivity (Wildman–Crippen MR) is 143 cm³/mol. The second-order valence-electron chi connectivity index (χ2n) is 9.06. The summed E-state index contributed by atoms with van der Waals surface area (Å²) >= 11 is 6.55. The quantitative estimate of drug-likeness (QED) is 0.307. The van der Waals surface area contributed by atoms with Gasteiger partial charge in [-0.3, -0.25) is 19.2 Å². The van der Waals surface area contributed by atoms with Crippen molar-refractivity contribution >= 4 is 51.6 Å². The molecule has 216 valence electrons. The standard InChI is InChI=1S/C24H23ClF3N9O3S/c1-13(23-30-10-17(41-23)21(38)34-18-8-15(24(26,27)28)16(25)9-29-18)33-22(39)19-14-11-37(35-20(14)32-12-31-19)3-2-36-4-6-40-7-5-36/h8-13H,2-7H2,1H3,(H,33,39)(H,29,34,38). The normalized spacial score (nSPS) is 15.1. The Hall–Kier alpha value is -3.73. The minimum atomic E-state index is -4.71. The predicted octanol–water partition coefficient (Wildman–Crippen LogP) is 3.43. The molecule has 0 aliphatic carbocycles. The highest BCUT2D eigenvalue weighted by Gasteiger charge is 2.34. The molecule has 12 nitrogen and oxygen atoms in total. The van der Waals surface area contributed by atoms with Crippen molar-refractivity contribution in [1.29, 1.82) is 0 Å². The largest absolute Gasteiger partial charge is 0.418 e. The fourth-order valence-corrected chi connectivity index (χ4v) is 5.10. The fraction of sp³-hybridized carbons (Fsp3) is 0.375. The monoisotopic (exact) mass is 609 g/mol. The van der Waals surface area contributed by atoms with E-state index in [-0.39, 0.29) is 16.4 Å². The Bertz CT molecular complexity index is 1570. The van der Waals surface area contributed by atoms with E-state index >= 15 is 0 Å². The lowest BCUT2D eigenvalue weighted by molar-refractivity contribution is -0.137. The average molecular weight is 610 g/mol. The first-order chi connectivity index (χ1) is 19.6. The molecule has 1 saturated heterocycles. The zero-order valence-electron chi connectivity index (χ0n) is 21.5. The van der Waals surface area contributed by atoms with Crippen LogP contribution < -0.4 is 10.6 Å². The van der Waals surface area contributed by atoms with Gasteiger partial charge in [0.05, 0.1) is 48.0 Å². The van der Waals surface area contributed by atoms with Crippen molar-refractivity contribution in [2.75, 3.05) is 38.2 Å². The molecule has 0 bridgehead atoms. The summed E-state index contributed by atoms with van der Waals surface area (Å²) in [4.78, 5) is 44.3. The van der Waals surface area contributed by atoms with Gasteiger partial charge in [0.1, 0.15) is 27.7 Å². The zero-order valence-corrected chi connectivity index (χ0v) is 23.1. The molecule has 17 heteroatoms. The number of halogens is 4. The first-order valence-electron chi connectivity index (χ1n) is 12.4. The zero-order chi connectivity index (χ0) is 29.1. The Labute approximate surface area is 239 Å². The van der Waals surface area contributed by atoms with E-state index in [4.69, 9.17) is 16.3 Å². The van der Waals surface area contributed by atoms with Crippen molar-refractivity contribution in [3.63, 3.8) is 0 Å². The Morgan fingerprint density at radius 2 is 1.90 bits per heavy atom. The molecule has 2 N–H and O–H groups in total. The van der Waals surface area contributed by atoms with Gasteiger partial charge in [-0.15, -0.1) is 11.3 Å². The molecule has 0 radical (unpaired) electrons. The molecule has 4 aromatic rings. The van der Waals surface area contributed by atoms with E-state index in [9.17, 15) is 22.8 Å². The van der Waals surface area contributed by atoms with Crippen molar-refractivity contribution in [2.45, 2.75) is 25.7 Å². The summed E-state index contributed by atoms with van der Waals surface area (Å²) in [7, 11) is 0. The number of ether oxygens (including phenoxy) is 1. The molecule has 0 saturated carbocycles. The maximum Gasteiger partial charge on any atom is 0.418 e. The van der Waals surface area contributed by atoms with Crippen LogP contribution in [0.4, 0.5) is 19.0 Å². The van der Waals surface area contributed by atoms with Gasteiger partial charge < -0.3 is 15.4 Å². The van der Waals surface area contributed by atoms with E-state index in [0.29, 0.717) is 41.9 Å². The minimum Gasteiger partial charge on any atom is -0.379 e. The molecule has 5 rings (SSSR count). The topological polar surface area (TPSA) is 140 Å². The summed E-state index contributed by atoms with van der Waals surface area (Å²) < 4.78 is 46.4. The van der Waals surface area contributed by atoms with Gasteiger partial charge in [-0.2, -0.15) is 18.3 Å². The number of anilines is 1. The molecular weight excluding hydrogens is 587 g/mol. The summed E-state index contributed by atoms with van der Waals surface area (Å²) in [6.07, 6.45) is 0.369. The maximum absolute atomic E-state index is 13.1. The lowest BCUT2D eigenvalue weighted by Gasteiger charge is -2.26. The van der Waals surface area contributed by atoms with Crippen LogP contribution in [-0.2, 0) is 17.5 Å². The number of hydrogen-bond acceptors (Lipinski definition) is 10. The third kappa shape index (κ3) is 6.78. The van der Waals surface area contributed by atoms with Gasteiger partial charge in [0.25, 0.3) is 11.8 Å². The first kappa shape index (κ1) is 28.8. The van der Waals surface area contributed by atoms with Gasteiger partial charge in [-0.05, 0) is 13.0 Å². The number of nitrogens with one attached hydrogen (secondary N) is 2. The van der Waals surface area contributed by atoms with Crippen LogP contribution >= 0.6 is 22.9 Å². The maximum atomic E-state index is 13.1. The molecule has 1 aliphatic rings. The molecule has 1 aliphatic heterocycles. The molecule has 5 heterocycles. The first-order valence-corrected chi connectivity index (χ1v) is 13.6. The van der Waals surface area contributed by atoms with E-state index in [1.165, 1.54) is 12.5 Å². The number of hydrogen-bond donors (Lipinski definition) is 2. The molecule has 4 aromatic heterocycles. The molecule has 1 atom stereocenters. The Morgan fingerprint density at radius 3 is 2.66 bits per heavy atom. The van der Waals surface area contributed by atoms with E-state index in [1.807, 2.05) is 0 Å². The lowest BCUT2D eigenvalue weighted by Crippen LogP contribution is -2.38. The van der Waals surface area contributed by atoms with Gasteiger partial charge in [-0.25, -0.2) is 19.9 Å². The number of alkyl halides is 3. The minimum absolute atomic E-state index is 0.109. The van der Waals surface area contributed by atoms with Crippen molar-refractivity contribution in [3.8, 4) is 0 Å². The summed E-state index contributed by atoms with van der Waals surface area (Å²) in [6, 6.07) is 0.0408. The van der Waals surface area contributed by atoms with Crippen LogP contribution in [0, 0.1) is 0 Å². The number of nitrogens with zero attached hydrogens (tertiary/aromatic N) is 7. The second-order valence-corrected chi connectivity index (χ2v) is 10.5. The van der Waals surface area contributed by atoms with E-state index < -0.39 is 34.6 Å². The highest BCUT2D eigenvalue weighted by atomic mass is 35.5. The number of amides is 2. The van der Waals surface area contributed by atoms with Gasteiger partial charge in [0.15, 0.2) is 5.65 Å². The van der Waals surface area contributed by atoms with Crippen LogP contribution in [0.15, 0.2) is 31.0 Å². The van der Waals surface area contributed by atoms with E-state index in [1.54, 1.807) is 17.8 Å². The van der Waals surface area contributed by atoms with Crippen LogP contribution in [0.3, 0.4) is 0 Å². The Balaban J connectivity index is 1.23. The van der Waals surface area contributed by atoms with Crippen LogP contribution in [0.1, 0.15) is 43.7 Å². The van der Waals surface area contributed by atoms with Crippen molar-refractivity contribution in [3.05, 3.63) is 57.1 Å². The number of thiazole rings is 1. The van der Waals surface area contributed by atoms with Crippen molar-refractivity contribution in [2.24, 2.45) is 0 Å². The van der Waals surface area contributed by atoms with Gasteiger partial charge in [0, 0.05) is 32.0 Å². The second kappa shape index (κ2) is 12.0. The third-order valence-corrected chi connectivity index (χ3v) is 7.68. The Kier molecular flexibility index (Phi) is 8.44.